The first-order valence-electron chi connectivity index (χ1n) is 12.7. The fourth-order valence-electron chi connectivity index (χ4n) is 4.74. The number of sulfonamides is 1. The first-order valence-corrected chi connectivity index (χ1v) is 14.3. The molecule has 0 atom stereocenters. The molecular weight excluding hydrogens is 492 g/mol. The molecule has 1 spiro atoms. The summed E-state index contributed by atoms with van der Waals surface area (Å²) in [5.41, 5.74) is 3.64. The first-order chi connectivity index (χ1) is 17.5. The van der Waals surface area contributed by atoms with Crippen LogP contribution < -0.4 is 9.62 Å². The van der Waals surface area contributed by atoms with Crippen molar-refractivity contribution in [1.82, 2.24) is 20.2 Å². The summed E-state index contributed by atoms with van der Waals surface area (Å²) in [5.74, 6) is 0.984. The van der Waals surface area contributed by atoms with Crippen LogP contribution >= 0.6 is 0 Å². The predicted octanol–water partition coefficient (Wildman–Crippen LogP) is 3.91. The number of aliphatic hydroxyl groups is 1. The van der Waals surface area contributed by atoms with Crippen LogP contribution in [0.2, 0.25) is 0 Å². The average molecular weight is 527 g/mol. The van der Waals surface area contributed by atoms with Gasteiger partial charge in [0.15, 0.2) is 0 Å². The van der Waals surface area contributed by atoms with Gasteiger partial charge in [-0.25, -0.2) is 18.4 Å². The highest BCUT2D eigenvalue weighted by Gasteiger charge is 2.44. The molecular formula is C26H34N6O4S. The normalized spacial score (nSPS) is 17.3. The standard InChI is InChI=1S/C26H34N6O4S/c1-17-15-20(28-24(27-17)25(2,3)4)23-30-29-22(36-23)19-6-5-18(31-37(34,35)14-13-33)16-21(19)32-11-9-26(7-8-26)10-12-32/h5-6,15-16,31,33H,7-14H2,1-4H3. The Balaban J connectivity index is 1.50. The number of nitrogens with one attached hydrogen (secondary N) is 1. The summed E-state index contributed by atoms with van der Waals surface area (Å²) < 4.78 is 33.3. The Hall–Kier alpha value is -3.05. The lowest BCUT2D eigenvalue weighted by Crippen LogP contribution is -2.34. The topological polar surface area (TPSA) is 134 Å². The molecule has 0 bridgehead atoms. The molecule has 0 radical (unpaired) electrons. The van der Waals surface area contributed by atoms with E-state index in [1.807, 2.05) is 19.1 Å². The van der Waals surface area contributed by atoms with Gasteiger partial charge in [0.25, 0.3) is 5.89 Å². The second kappa shape index (κ2) is 9.36. The molecule has 1 aliphatic carbocycles. The van der Waals surface area contributed by atoms with Crippen molar-refractivity contribution in [3.05, 3.63) is 35.8 Å². The van der Waals surface area contributed by atoms with E-state index >= 15 is 0 Å². The first kappa shape index (κ1) is 25.6. The quantitative estimate of drug-likeness (QED) is 0.470. The Morgan fingerprint density at radius 3 is 2.41 bits per heavy atom. The fourth-order valence-corrected chi connectivity index (χ4v) is 5.56. The molecule has 198 valence electrons. The second-order valence-electron chi connectivity index (χ2n) is 11.2. The Morgan fingerprint density at radius 2 is 1.76 bits per heavy atom. The predicted molar refractivity (Wildman–Crippen MR) is 142 cm³/mol. The third-order valence-corrected chi connectivity index (χ3v) is 8.42. The average Bonchev–Trinajstić information content (AvgIpc) is 3.39. The summed E-state index contributed by atoms with van der Waals surface area (Å²) in [6.07, 6.45) is 4.79. The van der Waals surface area contributed by atoms with Gasteiger partial charge in [0.05, 0.1) is 29.3 Å². The highest BCUT2D eigenvalue weighted by molar-refractivity contribution is 7.92. The van der Waals surface area contributed by atoms with E-state index in [1.54, 1.807) is 12.1 Å². The minimum atomic E-state index is -3.65. The largest absolute Gasteiger partial charge is 0.415 e. The van der Waals surface area contributed by atoms with Gasteiger partial charge < -0.3 is 14.4 Å². The monoisotopic (exact) mass is 526 g/mol. The van der Waals surface area contributed by atoms with Gasteiger partial charge in [-0.1, -0.05) is 20.8 Å². The number of anilines is 2. The van der Waals surface area contributed by atoms with Crippen molar-refractivity contribution in [3.63, 3.8) is 0 Å². The van der Waals surface area contributed by atoms with Crippen molar-refractivity contribution in [2.75, 3.05) is 35.1 Å². The van der Waals surface area contributed by atoms with E-state index < -0.39 is 16.6 Å². The third-order valence-electron chi connectivity index (χ3n) is 7.15. The van der Waals surface area contributed by atoms with Gasteiger partial charge in [-0.3, -0.25) is 4.72 Å². The zero-order chi connectivity index (χ0) is 26.4. The van der Waals surface area contributed by atoms with E-state index in [-0.39, 0.29) is 11.2 Å². The van der Waals surface area contributed by atoms with Gasteiger partial charge in [-0.15, -0.1) is 10.2 Å². The molecule has 37 heavy (non-hydrogen) atoms. The summed E-state index contributed by atoms with van der Waals surface area (Å²) in [6, 6.07) is 7.12. The molecule has 0 unspecified atom stereocenters. The van der Waals surface area contributed by atoms with Crippen LogP contribution in [0.5, 0.6) is 0 Å². The molecule has 2 aromatic heterocycles. The lowest BCUT2D eigenvalue weighted by atomic mass is 9.93. The van der Waals surface area contributed by atoms with E-state index in [2.05, 4.69) is 50.6 Å². The van der Waals surface area contributed by atoms with Crippen molar-refractivity contribution in [3.8, 4) is 23.0 Å². The van der Waals surface area contributed by atoms with Gasteiger partial charge in [0, 0.05) is 24.2 Å². The van der Waals surface area contributed by atoms with Gasteiger partial charge in [-0.05, 0) is 62.3 Å². The van der Waals surface area contributed by atoms with Crippen molar-refractivity contribution < 1.29 is 17.9 Å². The zero-order valence-corrected chi connectivity index (χ0v) is 22.6. The molecule has 2 N–H and O–H groups in total. The molecule has 1 aliphatic heterocycles. The van der Waals surface area contributed by atoms with Crippen molar-refractivity contribution >= 4 is 21.4 Å². The molecule has 11 heteroatoms. The number of rotatable bonds is 7. The van der Waals surface area contributed by atoms with Crippen LogP contribution in [0.4, 0.5) is 11.4 Å². The summed E-state index contributed by atoms with van der Waals surface area (Å²) in [4.78, 5) is 11.5. The highest BCUT2D eigenvalue weighted by atomic mass is 32.2. The van der Waals surface area contributed by atoms with E-state index in [0.717, 1.165) is 42.9 Å². The summed E-state index contributed by atoms with van der Waals surface area (Å²) in [5, 5.41) is 17.7. The zero-order valence-electron chi connectivity index (χ0n) is 21.8. The maximum Gasteiger partial charge on any atom is 0.266 e. The molecule has 2 fully saturated rings. The van der Waals surface area contributed by atoms with Crippen LogP contribution in [0.15, 0.2) is 28.7 Å². The number of aryl methyl sites for hydroxylation is 1. The van der Waals surface area contributed by atoms with Crippen LogP contribution in [-0.4, -0.2) is 59.1 Å². The lowest BCUT2D eigenvalue weighted by molar-refractivity contribution is 0.320. The molecule has 2 aliphatic rings. The van der Waals surface area contributed by atoms with Crippen molar-refractivity contribution in [2.24, 2.45) is 5.41 Å². The van der Waals surface area contributed by atoms with Crippen molar-refractivity contribution in [1.29, 1.82) is 0 Å². The summed E-state index contributed by atoms with van der Waals surface area (Å²) in [6.45, 7) is 9.38. The van der Waals surface area contributed by atoms with Crippen LogP contribution in [0.25, 0.3) is 23.0 Å². The van der Waals surface area contributed by atoms with Crippen LogP contribution in [-0.2, 0) is 15.4 Å². The SMILES string of the molecule is Cc1cc(-c2nnc(-c3ccc(NS(=O)(=O)CCO)cc3N3CCC4(CC3)CC4)o2)nc(C(C)(C)C)n1. The number of benzene rings is 1. The molecule has 0 amide bonds. The number of aliphatic hydroxyl groups excluding tert-OH is 1. The smallest absolute Gasteiger partial charge is 0.266 e. The Bertz CT molecular complexity index is 1400. The second-order valence-corrected chi connectivity index (χ2v) is 13.1. The molecule has 3 heterocycles. The van der Waals surface area contributed by atoms with E-state index in [4.69, 9.17) is 9.52 Å². The maximum absolute atomic E-state index is 12.3. The Morgan fingerprint density at radius 1 is 1.05 bits per heavy atom. The van der Waals surface area contributed by atoms with Crippen LogP contribution in [0.3, 0.4) is 0 Å². The van der Waals surface area contributed by atoms with Crippen LogP contribution in [0, 0.1) is 12.3 Å². The van der Waals surface area contributed by atoms with E-state index in [1.165, 1.54) is 12.8 Å². The van der Waals surface area contributed by atoms with Gasteiger partial charge in [0.2, 0.25) is 15.9 Å². The van der Waals surface area contributed by atoms with Gasteiger partial charge in [-0.2, -0.15) is 0 Å². The highest BCUT2D eigenvalue weighted by Crippen LogP contribution is 2.54. The summed E-state index contributed by atoms with van der Waals surface area (Å²) in [7, 11) is -3.65. The Kier molecular flexibility index (Phi) is 6.47. The number of aromatic nitrogens is 4. The van der Waals surface area contributed by atoms with Crippen molar-refractivity contribution in [2.45, 2.75) is 58.8 Å². The van der Waals surface area contributed by atoms with Crippen LogP contribution in [0.1, 0.15) is 58.0 Å². The minimum absolute atomic E-state index is 0.233. The fraction of sp³-hybridized carbons (Fsp3) is 0.538. The third kappa shape index (κ3) is 5.62. The number of hydrogen-bond acceptors (Lipinski definition) is 9. The minimum Gasteiger partial charge on any atom is -0.415 e. The van der Waals surface area contributed by atoms with E-state index in [0.29, 0.717) is 34.4 Å². The molecule has 3 aromatic rings. The maximum atomic E-state index is 12.3. The molecule has 1 saturated heterocycles. The number of hydrogen-bond donors (Lipinski definition) is 2. The van der Waals surface area contributed by atoms with E-state index in [9.17, 15) is 8.42 Å². The Labute approximate surface area is 217 Å². The summed E-state index contributed by atoms with van der Waals surface area (Å²) >= 11 is 0. The molecule has 1 aromatic carbocycles. The number of nitrogens with zero attached hydrogens (tertiary/aromatic N) is 5. The van der Waals surface area contributed by atoms with Gasteiger partial charge in [0.1, 0.15) is 11.5 Å². The lowest BCUT2D eigenvalue weighted by Gasteiger charge is -2.35. The molecule has 5 rings (SSSR count). The molecule has 10 nitrogen and oxygen atoms in total. The molecule has 1 saturated carbocycles. The number of piperidine rings is 1. The van der Waals surface area contributed by atoms with Gasteiger partial charge >= 0.3 is 0 Å².